The van der Waals surface area contributed by atoms with Crippen LogP contribution in [0.4, 0.5) is 5.69 Å². The second-order valence-corrected chi connectivity index (χ2v) is 6.27. The average Bonchev–Trinajstić information content (AvgIpc) is 2.52. The van der Waals surface area contributed by atoms with Crippen molar-refractivity contribution < 1.29 is 4.74 Å². The molecular formula is C17H19Cl4N3O. The number of halogens is 4. The molecule has 0 fully saturated rings. The van der Waals surface area contributed by atoms with Gasteiger partial charge in [-0.1, -0.05) is 35.3 Å². The van der Waals surface area contributed by atoms with Crippen LogP contribution in [0.3, 0.4) is 0 Å². The van der Waals surface area contributed by atoms with Crippen LogP contribution in [0.25, 0.3) is 0 Å². The molecule has 1 unspecified atom stereocenters. The van der Waals surface area contributed by atoms with Gasteiger partial charge in [0.2, 0.25) is 0 Å². The minimum absolute atomic E-state index is 0. The van der Waals surface area contributed by atoms with E-state index in [9.17, 15) is 0 Å². The highest BCUT2D eigenvalue weighted by molar-refractivity contribution is 6.42. The Morgan fingerprint density at radius 2 is 1.68 bits per heavy atom. The largest absolute Gasteiger partial charge is 0.481 e. The van der Waals surface area contributed by atoms with E-state index < -0.39 is 0 Å². The second-order valence-electron chi connectivity index (χ2n) is 5.45. The third-order valence-corrected chi connectivity index (χ3v) is 4.37. The topological polar surface area (TPSA) is 59.6 Å². The van der Waals surface area contributed by atoms with Crippen LogP contribution >= 0.6 is 48.0 Å². The molecule has 0 saturated carbocycles. The van der Waals surface area contributed by atoms with Crippen LogP contribution < -0.4 is 15.8 Å². The number of aliphatic imine (C=N–C) groups is 1. The monoisotopic (exact) mass is 421 g/mol. The Balaban J connectivity index is 0.00000156. The Morgan fingerprint density at radius 1 is 1.04 bits per heavy atom. The van der Waals surface area contributed by atoms with E-state index in [-0.39, 0.29) is 30.9 Å². The van der Waals surface area contributed by atoms with E-state index >= 15 is 0 Å². The quantitative estimate of drug-likeness (QED) is 0.736. The number of nitrogens with zero attached hydrogens (tertiary/aromatic N) is 1. The van der Waals surface area contributed by atoms with Gasteiger partial charge >= 0.3 is 0 Å². The minimum Gasteiger partial charge on any atom is -0.481 e. The molecule has 1 aliphatic rings. The number of hydrogen-bond donors (Lipinski definition) is 2. The van der Waals surface area contributed by atoms with E-state index in [4.69, 9.17) is 33.7 Å². The molecule has 0 amide bonds. The Hall–Kier alpha value is -1.17. The molecule has 4 nitrogen and oxygen atoms in total. The first-order valence-electron chi connectivity index (χ1n) is 7.31. The Bertz CT molecular complexity index is 768. The van der Waals surface area contributed by atoms with Crippen molar-refractivity contribution in [3.8, 4) is 5.75 Å². The molecule has 3 rings (SSSR count). The minimum atomic E-state index is -0.180. The predicted molar refractivity (Wildman–Crippen MR) is 109 cm³/mol. The first-order chi connectivity index (χ1) is 11.0. The summed E-state index contributed by atoms with van der Waals surface area (Å²) in [5.41, 5.74) is 8.79. The molecular weight excluding hydrogens is 404 g/mol. The molecule has 0 spiro atoms. The molecule has 1 aliphatic heterocycles. The summed E-state index contributed by atoms with van der Waals surface area (Å²) in [5.74, 6) is 1.26. The van der Waals surface area contributed by atoms with Gasteiger partial charge < -0.3 is 15.8 Å². The van der Waals surface area contributed by atoms with Gasteiger partial charge in [-0.2, -0.15) is 0 Å². The molecule has 1 atom stereocenters. The zero-order valence-corrected chi connectivity index (χ0v) is 16.6. The number of amidine groups is 1. The predicted octanol–water partition coefficient (Wildman–Crippen LogP) is 4.90. The summed E-state index contributed by atoms with van der Waals surface area (Å²) in [4.78, 5) is 4.38. The maximum absolute atomic E-state index is 6.01. The molecule has 8 heteroatoms. The lowest BCUT2D eigenvalue weighted by Gasteiger charge is -2.21. The van der Waals surface area contributed by atoms with Gasteiger partial charge in [0, 0.05) is 13.1 Å². The van der Waals surface area contributed by atoms with Gasteiger partial charge in [0.1, 0.15) is 17.3 Å². The number of hydrogen-bond acceptors (Lipinski definition) is 4. The van der Waals surface area contributed by atoms with Gasteiger partial charge in [-0.15, -0.1) is 24.8 Å². The maximum Gasteiger partial charge on any atom is 0.153 e. The molecule has 0 aliphatic carbocycles. The number of nitrogens with two attached hydrogens (primary N) is 1. The molecule has 25 heavy (non-hydrogen) atoms. The number of fused-ring (bicyclic) bond motifs is 1. The molecule has 0 bridgehead atoms. The highest BCUT2D eigenvalue weighted by atomic mass is 35.5. The van der Waals surface area contributed by atoms with Crippen LogP contribution in [0.1, 0.15) is 18.1 Å². The van der Waals surface area contributed by atoms with Crippen molar-refractivity contribution in [3.63, 3.8) is 0 Å². The zero-order valence-electron chi connectivity index (χ0n) is 13.5. The second kappa shape index (κ2) is 9.51. The van der Waals surface area contributed by atoms with Crippen molar-refractivity contribution in [2.24, 2.45) is 10.7 Å². The van der Waals surface area contributed by atoms with Gasteiger partial charge in [0.25, 0.3) is 0 Å². The summed E-state index contributed by atoms with van der Waals surface area (Å²) in [7, 11) is 0. The average molecular weight is 423 g/mol. The summed E-state index contributed by atoms with van der Waals surface area (Å²) < 4.78 is 5.69. The Morgan fingerprint density at radius 3 is 2.36 bits per heavy atom. The highest BCUT2D eigenvalue weighted by Crippen LogP contribution is 2.32. The first-order valence-corrected chi connectivity index (χ1v) is 8.07. The number of nitrogens with one attached hydrogen (secondary N) is 1. The molecule has 3 N–H and O–H groups in total. The van der Waals surface area contributed by atoms with Gasteiger partial charge in [0.15, 0.2) is 6.10 Å². The number of benzene rings is 2. The third-order valence-electron chi connectivity index (χ3n) is 3.64. The summed E-state index contributed by atoms with van der Waals surface area (Å²) in [6, 6.07) is 11.5. The van der Waals surface area contributed by atoms with Crippen LogP contribution in [-0.2, 0) is 13.1 Å². The molecule has 136 valence electrons. The van der Waals surface area contributed by atoms with Gasteiger partial charge in [-0.3, -0.25) is 0 Å². The van der Waals surface area contributed by atoms with Crippen LogP contribution in [0.5, 0.6) is 5.75 Å². The standard InChI is InChI=1S/C17H17Cl2N3O.2ClH/c1-10-17(20)22-15-7-12(3-5-16(15)23-10)9-21-8-11-2-4-13(18)14(19)6-11;;/h2-7,10,21H,8-9H2,1H3,(H2,20,22);2*1H. The van der Waals surface area contributed by atoms with E-state index in [0.717, 1.165) is 22.6 Å². The van der Waals surface area contributed by atoms with Crippen molar-refractivity contribution in [2.75, 3.05) is 0 Å². The summed E-state index contributed by atoms with van der Waals surface area (Å²) >= 11 is 11.9. The van der Waals surface area contributed by atoms with Crippen LogP contribution in [-0.4, -0.2) is 11.9 Å². The van der Waals surface area contributed by atoms with Crippen LogP contribution in [0.15, 0.2) is 41.4 Å². The van der Waals surface area contributed by atoms with Crippen molar-refractivity contribution in [3.05, 3.63) is 57.6 Å². The van der Waals surface area contributed by atoms with Crippen molar-refractivity contribution in [2.45, 2.75) is 26.1 Å². The van der Waals surface area contributed by atoms with Gasteiger partial charge in [-0.25, -0.2) is 4.99 Å². The third kappa shape index (κ3) is 5.40. The first kappa shape index (κ1) is 21.9. The number of ether oxygens (including phenoxy) is 1. The SMILES string of the molecule is CC1Oc2ccc(CNCc3ccc(Cl)c(Cl)c3)cc2N=C1N.Cl.Cl. The van der Waals surface area contributed by atoms with Gasteiger partial charge in [0.05, 0.1) is 10.0 Å². The fourth-order valence-corrected chi connectivity index (χ4v) is 2.66. The van der Waals surface area contributed by atoms with Crippen LogP contribution in [0, 0.1) is 0 Å². The molecule has 2 aromatic carbocycles. The lowest BCUT2D eigenvalue weighted by molar-refractivity contribution is 0.281. The maximum atomic E-state index is 6.01. The lowest BCUT2D eigenvalue weighted by Crippen LogP contribution is -2.33. The van der Waals surface area contributed by atoms with E-state index in [0.29, 0.717) is 29.0 Å². The molecule has 2 aromatic rings. The zero-order chi connectivity index (χ0) is 16.4. The van der Waals surface area contributed by atoms with Crippen molar-refractivity contribution in [1.82, 2.24) is 5.32 Å². The van der Waals surface area contributed by atoms with E-state index in [1.807, 2.05) is 37.3 Å². The smallest absolute Gasteiger partial charge is 0.153 e. The lowest BCUT2D eigenvalue weighted by atomic mass is 10.1. The highest BCUT2D eigenvalue weighted by Gasteiger charge is 2.18. The molecule has 0 radical (unpaired) electrons. The fraction of sp³-hybridized carbons (Fsp3) is 0.235. The van der Waals surface area contributed by atoms with E-state index in [1.54, 1.807) is 6.07 Å². The van der Waals surface area contributed by atoms with Crippen molar-refractivity contribution >= 4 is 59.5 Å². The number of rotatable bonds is 4. The summed E-state index contributed by atoms with van der Waals surface area (Å²) in [6.45, 7) is 3.29. The molecule has 1 heterocycles. The normalized spacial score (nSPS) is 15.2. The van der Waals surface area contributed by atoms with E-state index in [1.165, 1.54) is 0 Å². The summed E-state index contributed by atoms with van der Waals surface area (Å²) in [6.07, 6.45) is -0.180. The van der Waals surface area contributed by atoms with E-state index in [2.05, 4.69) is 10.3 Å². The molecule has 0 saturated heterocycles. The molecule has 0 aromatic heterocycles. The van der Waals surface area contributed by atoms with Crippen LogP contribution in [0.2, 0.25) is 10.0 Å². The fourth-order valence-electron chi connectivity index (χ4n) is 2.34. The Kier molecular flexibility index (Phi) is 8.32. The summed E-state index contributed by atoms with van der Waals surface area (Å²) in [5, 5.41) is 4.50. The van der Waals surface area contributed by atoms with Gasteiger partial charge in [-0.05, 0) is 42.3 Å². The Labute approximate surface area is 169 Å². The van der Waals surface area contributed by atoms with Crippen molar-refractivity contribution in [1.29, 1.82) is 0 Å².